The third kappa shape index (κ3) is 4.78. The van der Waals surface area contributed by atoms with Crippen molar-refractivity contribution in [1.29, 1.82) is 0 Å². The number of piperidine rings is 2. The number of rotatable bonds is 5. The van der Waals surface area contributed by atoms with Gasteiger partial charge in [0.25, 0.3) is 0 Å². The Labute approximate surface area is 160 Å². The SMILES string of the molecule is C[C@H]1CCCN(C(=O)CSc2ccc(S(=O)(=O)N3CCCCC3)cn2)C1. The van der Waals surface area contributed by atoms with Gasteiger partial charge in [-0.3, -0.25) is 4.79 Å². The molecular formula is C18H27N3O3S2. The molecule has 26 heavy (non-hydrogen) atoms. The molecule has 2 saturated heterocycles. The Kier molecular flexibility index (Phi) is 6.58. The zero-order chi connectivity index (χ0) is 18.6. The number of hydrogen-bond acceptors (Lipinski definition) is 5. The lowest BCUT2D eigenvalue weighted by Gasteiger charge is -2.30. The first-order chi connectivity index (χ1) is 12.5. The normalized spacial score (nSPS) is 22.3. The Morgan fingerprint density at radius 1 is 1.19 bits per heavy atom. The highest BCUT2D eigenvalue weighted by Crippen LogP contribution is 2.23. The fourth-order valence-corrected chi connectivity index (χ4v) is 5.71. The van der Waals surface area contributed by atoms with Crippen molar-refractivity contribution in [2.75, 3.05) is 31.9 Å². The molecule has 2 aliphatic heterocycles. The zero-order valence-corrected chi connectivity index (χ0v) is 16.9. The largest absolute Gasteiger partial charge is 0.342 e. The first-order valence-electron chi connectivity index (χ1n) is 9.33. The number of hydrogen-bond donors (Lipinski definition) is 0. The van der Waals surface area contributed by atoms with Crippen molar-refractivity contribution in [1.82, 2.24) is 14.2 Å². The van der Waals surface area contributed by atoms with Crippen LogP contribution in [0.25, 0.3) is 0 Å². The third-order valence-corrected chi connectivity index (χ3v) is 7.83. The smallest absolute Gasteiger partial charge is 0.244 e. The van der Waals surface area contributed by atoms with E-state index in [9.17, 15) is 13.2 Å². The van der Waals surface area contributed by atoms with Gasteiger partial charge in [0.05, 0.1) is 10.8 Å². The maximum atomic E-state index is 12.6. The summed E-state index contributed by atoms with van der Waals surface area (Å²) in [5, 5.41) is 0.681. The average Bonchev–Trinajstić information content (AvgIpc) is 2.67. The second kappa shape index (κ2) is 8.71. The lowest BCUT2D eigenvalue weighted by Crippen LogP contribution is -2.40. The molecule has 0 bridgehead atoms. The molecule has 0 aliphatic carbocycles. The molecule has 3 rings (SSSR count). The van der Waals surface area contributed by atoms with E-state index in [-0.39, 0.29) is 10.8 Å². The molecule has 0 radical (unpaired) electrons. The number of amides is 1. The Hall–Kier alpha value is -1.12. The van der Waals surface area contributed by atoms with Gasteiger partial charge in [0.2, 0.25) is 15.9 Å². The van der Waals surface area contributed by atoms with Gasteiger partial charge in [-0.1, -0.05) is 25.1 Å². The lowest BCUT2D eigenvalue weighted by atomic mass is 10.0. The molecule has 0 unspecified atom stereocenters. The minimum atomic E-state index is -3.45. The number of pyridine rings is 1. The van der Waals surface area contributed by atoms with Gasteiger partial charge in [0.1, 0.15) is 4.90 Å². The number of carbonyl (C=O) groups is 1. The Morgan fingerprint density at radius 2 is 1.96 bits per heavy atom. The highest BCUT2D eigenvalue weighted by Gasteiger charge is 2.26. The summed E-state index contributed by atoms with van der Waals surface area (Å²) in [4.78, 5) is 18.7. The molecule has 0 saturated carbocycles. The van der Waals surface area contributed by atoms with Gasteiger partial charge in [0.15, 0.2) is 0 Å². The third-order valence-electron chi connectivity index (χ3n) is 5.02. The van der Waals surface area contributed by atoms with Gasteiger partial charge in [-0.15, -0.1) is 0 Å². The fourth-order valence-electron chi connectivity index (χ4n) is 3.50. The molecule has 2 fully saturated rings. The van der Waals surface area contributed by atoms with Gasteiger partial charge in [0, 0.05) is 32.4 Å². The Bertz CT molecular complexity index is 716. The number of nitrogens with zero attached hydrogens (tertiary/aromatic N) is 3. The Balaban J connectivity index is 1.56. The van der Waals surface area contributed by atoms with Crippen molar-refractivity contribution in [2.24, 2.45) is 5.92 Å². The van der Waals surface area contributed by atoms with Gasteiger partial charge >= 0.3 is 0 Å². The Morgan fingerprint density at radius 3 is 2.62 bits per heavy atom. The van der Waals surface area contributed by atoms with Gasteiger partial charge in [-0.25, -0.2) is 13.4 Å². The van der Waals surface area contributed by atoms with Crippen LogP contribution in [0, 0.1) is 5.92 Å². The van der Waals surface area contributed by atoms with Crippen molar-refractivity contribution < 1.29 is 13.2 Å². The molecule has 1 aromatic heterocycles. The monoisotopic (exact) mass is 397 g/mol. The van der Waals surface area contributed by atoms with Crippen LogP contribution in [0.1, 0.15) is 39.0 Å². The molecule has 2 aliphatic rings. The van der Waals surface area contributed by atoms with Crippen LogP contribution in [0.4, 0.5) is 0 Å². The minimum Gasteiger partial charge on any atom is -0.342 e. The van der Waals surface area contributed by atoms with E-state index in [1.165, 1.54) is 24.4 Å². The van der Waals surface area contributed by atoms with Crippen LogP contribution >= 0.6 is 11.8 Å². The predicted molar refractivity (Wildman–Crippen MR) is 103 cm³/mol. The zero-order valence-electron chi connectivity index (χ0n) is 15.3. The van der Waals surface area contributed by atoms with Crippen LogP contribution in [0.5, 0.6) is 0 Å². The van der Waals surface area contributed by atoms with E-state index in [4.69, 9.17) is 0 Å². The lowest BCUT2D eigenvalue weighted by molar-refractivity contribution is -0.130. The summed E-state index contributed by atoms with van der Waals surface area (Å²) >= 11 is 1.37. The van der Waals surface area contributed by atoms with Crippen molar-refractivity contribution in [3.05, 3.63) is 18.3 Å². The summed E-state index contributed by atoms with van der Waals surface area (Å²) in [6.45, 7) is 5.02. The summed E-state index contributed by atoms with van der Waals surface area (Å²) < 4.78 is 26.8. The van der Waals surface area contributed by atoms with E-state index >= 15 is 0 Å². The standard InChI is InChI=1S/C18H27N3O3S2/c1-15-6-5-9-20(13-15)18(22)14-25-17-8-7-16(12-19-17)26(23,24)21-10-3-2-4-11-21/h7-8,12,15H,2-6,9-11,13-14H2,1H3/t15-/m0/s1. The topological polar surface area (TPSA) is 70.6 Å². The second-order valence-corrected chi connectivity index (χ2v) is 10.1. The quantitative estimate of drug-likeness (QED) is 0.714. The second-order valence-electron chi connectivity index (χ2n) is 7.17. The number of thioether (sulfide) groups is 1. The molecule has 1 amide bonds. The average molecular weight is 398 g/mol. The van der Waals surface area contributed by atoms with E-state index < -0.39 is 10.0 Å². The molecule has 6 nitrogen and oxygen atoms in total. The van der Waals surface area contributed by atoms with E-state index in [0.29, 0.717) is 29.8 Å². The van der Waals surface area contributed by atoms with Gasteiger partial charge in [-0.2, -0.15) is 4.31 Å². The molecule has 144 valence electrons. The summed E-state index contributed by atoms with van der Waals surface area (Å²) in [5.74, 6) is 1.04. The summed E-state index contributed by atoms with van der Waals surface area (Å²) in [6.07, 6.45) is 6.59. The molecule has 1 aromatic rings. The van der Waals surface area contributed by atoms with E-state index in [2.05, 4.69) is 11.9 Å². The van der Waals surface area contributed by atoms with Crippen LogP contribution in [0.15, 0.2) is 28.3 Å². The number of carbonyl (C=O) groups excluding carboxylic acids is 1. The molecule has 8 heteroatoms. The fraction of sp³-hybridized carbons (Fsp3) is 0.667. The van der Waals surface area contributed by atoms with E-state index in [0.717, 1.165) is 38.8 Å². The summed E-state index contributed by atoms with van der Waals surface area (Å²) in [7, 11) is -3.45. The molecular weight excluding hydrogens is 370 g/mol. The predicted octanol–water partition coefficient (Wildman–Crippen LogP) is 2.61. The van der Waals surface area contributed by atoms with Crippen LogP contribution in [-0.2, 0) is 14.8 Å². The van der Waals surface area contributed by atoms with Crippen LogP contribution in [0.2, 0.25) is 0 Å². The first-order valence-corrected chi connectivity index (χ1v) is 11.8. The highest BCUT2D eigenvalue weighted by atomic mass is 32.2. The van der Waals surface area contributed by atoms with Crippen LogP contribution in [-0.4, -0.2) is 60.4 Å². The first kappa shape index (κ1) is 19.6. The van der Waals surface area contributed by atoms with Crippen molar-refractivity contribution >= 4 is 27.7 Å². The molecule has 1 atom stereocenters. The molecule has 0 spiro atoms. The van der Waals surface area contributed by atoms with Crippen molar-refractivity contribution in [3.8, 4) is 0 Å². The number of sulfonamides is 1. The maximum absolute atomic E-state index is 12.6. The molecule has 3 heterocycles. The molecule has 0 N–H and O–H groups in total. The van der Waals surface area contributed by atoms with Gasteiger partial charge < -0.3 is 4.90 Å². The van der Waals surface area contributed by atoms with Gasteiger partial charge in [-0.05, 0) is 43.7 Å². The van der Waals surface area contributed by atoms with E-state index in [1.54, 1.807) is 16.4 Å². The number of aromatic nitrogens is 1. The van der Waals surface area contributed by atoms with Crippen molar-refractivity contribution in [3.63, 3.8) is 0 Å². The highest BCUT2D eigenvalue weighted by molar-refractivity contribution is 7.99. The maximum Gasteiger partial charge on any atom is 0.244 e. The summed E-state index contributed by atoms with van der Waals surface area (Å²) in [5.41, 5.74) is 0. The summed E-state index contributed by atoms with van der Waals surface area (Å²) in [6, 6.07) is 3.31. The minimum absolute atomic E-state index is 0.133. The van der Waals surface area contributed by atoms with Crippen LogP contribution in [0.3, 0.4) is 0 Å². The molecule has 0 aromatic carbocycles. The number of likely N-dealkylation sites (tertiary alicyclic amines) is 1. The van der Waals surface area contributed by atoms with Crippen molar-refractivity contribution in [2.45, 2.75) is 48.9 Å². The van der Waals surface area contributed by atoms with Crippen LogP contribution < -0.4 is 0 Å². The van der Waals surface area contributed by atoms with E-state index in [1.807, 2.05) is 4.90 Å².